The van der Waals surface area contributed by atoms with Crippen molar-refractivity contribution in [3.8, 4) is 0 Å². The molecule has 0 aromatic heterocycles. The van der Waals surface area contributed by atoms with E-state index in [9.17, 15) is 23.3 Å². The molecule has 166 valence electrons. The molecule has 0 saturated carbocycles. The average Bonchev–Trinajstić information content (AvgIpc) is 2.79. The van der Waals surface area contributed by atoms with Crippen LogP contribution in [0.1, 0.15) is 18.1 Å². The Morgan fingerprint density at radius 2 is 1.66 bits per heavy atom. The molecule has 3 aromatic rings. The van der Waals surface area contributed by atoms with E-state index >= 15 is 0 Å². The van der Waals surface area contributed by atoms with E-state index in [1.807, 2.05) is 19.1 Å². The summed E-state index contributed by atoms with van der Waals surface area (Å²) in [6, 6.07) is 19.1. The summed E-state index contributed by atoms with van der Waals surface area (Å²) >= 11 is 0. The second kappa shape index (κ2) is 9.61. The van der Waals surface area contributed by atoms with Gasteiger partial charge in [-0.25, -0.2) is 8.42 Å². The van der Waals surface area contributed by atoms with Gasteiger partial charge in [-0.3, -0.25) is 19.2 Å². The molecule has 0 spiro atoms. The number of sulfonamides is 1. The molecule has 0 atom stereocenters. The van der Waals surface area contributed by atoms with Gasteiger partial charge in [0.25, 0.3) is 15.7 Å². The standard InChI is InChI=1S/C23H23N3O5S/c1-3-18-12-14-19(15-13-18)25(32(30,31)20-8-5-4-6-9-20)16-23(27)24-21-10-7-11-22(17(21)2)26(28)29/h4-15H,3,16H2,1-2H3,(H,24,27). The maximum atomic E-state index is 13.3. The lowest BCUT2D eigenvalue weighted by Gasteiger charge is -2.24. The van der Waals surface area contributed by atoms with Crippen LogP contribution in [-0.4, -0.2) is 25.8 Å². The van der Waals surface area contributed by atoms with Crippen molar-refractivity contribution in [2.75, 3.05) is 16.2 Å². The molecule has 8 nitrogen and oxygen atoms in total. The lowest BCUT2D eigenvalue weighted by Crippen LogP contribution is -2.38. The van der Waals surface area contributed by atoms with E-state index in [-0.39, 0.29) is 21.8 Å². The van der Waals surface area contributed by atoms with Crippen molar-refractivity contribution in [1.82, 2.24) is 0 Å². The van der Waals surface area contributed by atoms with Crippen LogP contribution >= 0.6 is 0 Å². The Balaban J connectivity index is 1.95. The Morgan fingerprint density at radius 1 is 1.00 bits per heavy atom. The van der Waals surface area contributed by atoms with E-state index in [0.717, 1.165) is 16.3 Å². The van der Waals surface area contributed by atoms with E-state index in [1.54, 1.807) is 30.3 Å². The van der Waals surface area contributed by atoms with Crippen LogP contribution in [-0.2, 0) is 21.2 Å². The summed E-state index contributed by atoms with van der Waals surface area (Å²) in [7, 11) is -4.03. The quantitative estimate of drug-likeness (QED) is 0.404. The van der Waals surface area contributed by atoms with E-state index < -0.39 is 27.4 Å². The SMILES string of the molecule is CCc1ccc(N(CC(=O)Nc2cccc([N+](=O)[O-])c2C)S(=O)(=O)c2ccccc2)cc1. The number of rotatable bonds is 8. The third kappa shape index (κ3) is 4.94. The van der Waals surface area contributed by atoms with Crippen LogP contribution in [0.25, 0.3) is 0 Å². The molecule has 9 heteroatoms. The Morgan fingerprint density at radius 3 is 2.25 bits per heavy atom. The van der Waals surface area contributed by atoms with Gasteiger partial charge in [0, 0.05) is 6.07 Å². The number of carbonyl (C=O) groups excluding carboxylic acids is 1. The van der Waals surface area contributed by atoms with Crippen LogP contribution < -0.4 is 9.62 Å². The molecule has 0 aliphatic heterocycles. The number of nitrogens with zero attached hydrogens (tertiary/aromatic N) is 2. The lowest BCUT2D eigenvalue weighted by molar-refractivity contribution is -0.385. The molecule has 0 aliphatic rings. The first-order valence-corrected chi connectivity index (χ1v) is 11.4. The molecule has 0 fully saturated rings. The monoisotopic (exact) mass is 453 g/mol. The second-order valence-corrected chi connectivity index (χ2v) is 8.96. The number of carbonyl (C=O) groups is 1. The maximum absolute atomic E-state index is 13.3. The molecule has 32 heavy (non-hydrogen) atoms. The third-order valence-corrected chi connectivity index (χ3v) is 6.82. The number of anilines is 2. The van der Waals surface area contributed by atoms with E-state index in [4.69, 9.17) is 0 Å². The van der Waals surface area contributed by atoms with Gasteiger partial charge in [-0.15, -0.1) is 0 Å². The Kier molecular flexibility index (Phi) is 6.89. The molecule has 3 aromatic carbocycles. The number of nitrogens with one attached hydrogen (secondary N) is 1. The first kappa shape index (κ1) is 23.0. The topological polar surface area (TPSA) is 110 Å². The fraction of sp³-hybridized carbons (Fsp3) is 0.174. The predicted molar refractivity (Wildman–Crippen MR) is 123 cm³/mol. The Labute approximate surface area is 186 Å². The number of hydrogen-bond donors (Lipinski definition) is 1. The van der Waals surface area contributed by atoms with Crippen LogP contribution in [0.5, 0.6) is 0 Å². The highest BCUT2D eigenvalue weighted by molar-refractivity contribution is 7.92. The summed E-state index contributed by atoms with van der Waals surface area (Å²) in [5, 5.41) is 13.8. The van der Waals surface area contributed by atoms with Crippen LogP contribution in [0.15, 0.2) is 77.7 Å². The number of amides is 1. The van der Waals surface area contributed by atoms with Crippen molar-refractivity contribution in [3.63, 3.8) is 0 Å². The Bertz CT molecular complexity index is 1230. The number of nitro groups is 1. The molecule has 1 N–H and O–H groups in total. The summed E-state index contributed by atoms with van der Waals surface area (Å²) in [6.07, 6.45) is 0.790. The van der Waals surface area contributed by atoms with E-state index in [2.05, 4.69) is 5.32 Å². The summed E-state index contributed by atoms with van der Waals surface area (Å²) in [5.41, 5.74) is 1.78. The summed E-state index contributed by atoms with van der Waals surface area (Å²) in [4.78, 5) is 23.5. The van der Waals surface area contributed by atoms with Gasteiger partial charge >= 0.3 is 0 Å². The molecule has 3 rings (SSSR count). The summed E-state index contributed by atoms with van der Waals surface area (Å²) in [5.74, 6) is -0.618. The fourth-order valence-electron chi connectivity index (χ4n) is 3.21. The van der Waals surface area contributed by atoms with Crippen molar-refractivity contribution in [1.29, 1.82) is 0 Å². The van der Waals surface area contributed by atoms with Crippen LogP contribution in [0.4, 0.5) is 17.1 Å². The lowest BCUT2D eigenvalue weighted by atomic mass is 10.1. The number of nitro benzene ring substituents is 1. The van der Waals surface area contributed by atoms with Crippen molar-refractivity contribution < 1.29 is 18.1 Å². The molecule has 0 saturated heterocycles. The minimum absolute atomic E-state index is 0.0545. The molecule has 0 radical (unpaired) electrons. The second-order valence-electron chi connectivity index (χ2n) is 7.10. The third-order valence-electron chi connectivity index (χ3n) is 5.03. The van der Waals surface area contributed by atoms with Gasteiger partial charge in [0.05, 0.1) is 26.8 Å². The predicted octanol–water partition coefficient (Wildman–Crippen LogP) is 4.30. The number of benzene rings is 3. The fourth-order valence-corrected chi connectivity index (χ4v) is 4.65. The van der Waals surface area contributed by atoms with Crippen LogP contribution in [0, 0.1) is 17.0 Å². The van der Waals surface area contributed by atoms with E-state index in [1.165, 1.54) is 37.3 Å². The Hall–Kier alpha value is -3.72. The highest BCUT2D eigenvalue weighted by Crippen LogP contribution is 2.27. The highest BCUT2D eigenvalue weighted by atomic mass is 32.2. The number of hydrogen-bond acceptors (Lipinski definition) is 5. The minimum Gasteiger partial charge on any atom is -0.324 e. The minimum atomic E-state index is -4.03. The first-order valence-electron chi connectivity index (χ1n) is 9.94. The summed E-state index contributed by atoms with van der Waals surface area (Å²) < 4.78 is 27.7. The zero-order valence-electron chi connectivity index (χ0n) is 17.7. The van der Waals surface area contributed by atoms with Gasteiger partial charge in [-0.1, -0.05) is 43.3 Å². The van der Waals surface area contributed by atoms with Gasteiger partial charge in [-0.05, 0) is 49.2 Å². The van der Waals surface area contributed by atoms with Crippen LogP contribution in [0.3, 0.4) is 0 Å². The molecule has 1 amide bonds. The zero-order valence-corrected chi connectivity index (χ0v) is 18.5. The molecule has 0 aliphatic carbocycles. The van der Waals surface area contributed by atoms with Gasteiger partial charge in [0.15, 0.2) is 0 Å². The smallest absolute Gasteiger partial charge is 0.274 e. The van der Waals surface area contributed by atoms with Crippen LogP contribution in [0.2, 0.25) is 0 Å². The summed E-state index contributed by atoms with van der Waals surface area (Å²) in [6.45, 7) is 3.02. The largest absolute Gasteiger partial charge is 0.324 e. The van der Waals surface area contributed by atoms with Gasteiger partial charge in [0.2, 0.25) is 5.91 Å². The normalized spacial score (nSPS) is 11.1. The molecule has 0 unspecified atom stereocenters. The highest BCUT2D eigenvalue weighted by Gasteiger charge is 2.27. The van der Waals surface area contributed by atoms with Crippen molar-refractivity contribution >= 4 is 33.0 Å². The van der Waals surface area contributed by atoms with Crippen molar-refractivity contribution in [2.45, 2.75) is 25.2 Å². The maximum Gasteiger partial charge on any atom is 0.274 e. The molecule has 0 bridgehead atoms. The first-order chi connectivity index (χ1) is 15.2. The van der Waals surface area contributed by atoms with Crippen molar-refractivity contribution in [3.05, 3.63) is 94.0 Å². The average molecular weight is 454 g/mol. The number of aryl methyl sites for hydroxylation is 1. The van der Waals surface area contributed by atoms with Gasteiger partial charge < -0.3 is 5.32 Å². The molecule has 0 heterocycles. The van der Waals surface area contributed by atoms with Crippen molar-refractivity contribution in [2.24, 2.45) is 0 Å². The molecular weight excluding hydrogens is 430 g/mol. The van der Waals surface area contributed by atoms with Gasteiger partial charge in [-0.2, -0.15) is 0 Å². The van der Waals surface area contributed by atoms with Gasteiger partial charge in [0.1, 0.15) is 6.54 Å². The zero-order chi connectivity index (χ0) is 23.3. The van der Waals surface area contributed by atoms with E-state index in [0.29, 0.717) is 5.69 Å². The molecular formula is C23H23N3O5S.